The van der Waals surface area contributed by atoms with Crippen molar-refractivity contribution in [1.82, 2.24) is 9.78 Å². The first kappa shape index (κ1) is 21.4. The number of amides is 1. The first-order valence-electron chi connectivity index (χ1n) is 9.13. The Labute approximate surface area is 190 Å². The van der Waals surface area contributed by atoms with E-state index in [1.54, 1.807) is 40.7 Å². The van der Waals surface area contributed by atoms with E-state index in [0.29, 0.717) is 9.52 Å². The van der Waals surface area contributed by atoms with Crippen molar-refractivity contribution in [2.24, 2.45) is 0 Å². The van der Waals surface area contributed by atoms with Crippen LogP contribution < -0.4 is 5.32 Å². The molecule has 0 unspecified atom stereocenters. The molecule has 156 valence electrons. The summed E-state index contributed by atoms with van der Waals surface area (Å²) in [4.78, 5) is 12.4. The van der Waals surface area contributed by atoms with Crippen LogP contribution in [0.15, 0.2) is 77.1 Å². The first-order valence-corrected chi connectivity index (χ1v) is 11.3. The lowest BCUT2D eigenvalue weighted by Crippen LogP contribution is -2.13. The predicted molar refractivity (Wildman–Crippen MR) is 123 cm³/mol. The zero-order chi connectivity index (χ0) is 21.8. The summed E-state index contributed by atoms with van der Waals surface area (Å²) in [5.74, 6) is -1.25. The SMILES string of the molecule is O=C(Nc1ccc(F)cc1F)c1ccc(-n2nc(SCc3ccccc3)sc2=S)cc1. The number of aromatic nitrogens is 2. The summed E-state index contributed by atoms with van der Waals surface area (Å²) < 4.78 is 29.9. The van der Waals surface area contributed by atoms with Gasteiger partial charge in [-0.2, -0.15) is 0 Å². The fourth-order valence-electron chi connectivity index (χ4n) is 2.74. The Hall–Kier alpha value is -2.88. The van der Waals surface area contributed by atoms with Gasteiger partial charge in [-0.3, -0.25) is 4.79 Å². The average molecular weight is 472 g/mol. The molecule has 0 saturated heterocycles. The van der Waals surface area contributed by atoms with Gasteiger partial charge >= 0.3 is 0 Å². The molecule has 0 fully saturated rings. The number of rotatable bonds is 6. The van der Waals surface area contributed by atoms with Gasteiger partial charge in [0.2, 0.25) is 0 Å². The molecule has 1 heterocycles. The zero-order valence-corrected chi connectivity index (χ0v) is 18.4. The lowest BCUT2D eigenvalue weighted by Gasteiger charge is -2.07. The van der Waals surface area contributed by atoms with Gasteiger partial charge in [-0.15, -0.1) is 5.10 Å². The summed E-state index contributed by atoms with van der Waals surface area (Å²) in [6.45, 7) is 0. The molecule has 4 nitrogen and oxygen atoms in total. The summed E-state index contributed by atoms with van der Waals surface area (Å²) in [6.07, 6.45) is 0. The van der Waals surface area contributed by atoms with Crippen molar-refractivity contribution in [1.29, 1.82) is 0 Å². The highest BCUT2D eigenvalue weighted by Gasteiger charge is 2.12. The molecular weight excluding hydrogens is 456 g/mol. The molecule has 1 aromatic heterocycles. The molecule has 0 radical (unpaired) electrons. The number of carbonyl (C=O) groups is 1. The van der Waals surface area contributed by atoms with Gasteiger partial charge < -0.3 is 5.32 Å². The molecule has 0 spiro atoms. The third-order valence-electron chi connectivity index (χ3n) is 4.29. The van der Waals surface area contributed by atoms with E-state index in [1.807, 2.05) is 18.2 Å². The maximum absolute atomic E-state index is 13.8. The van der Waals surface area contributed by atoms with Crippen LogP contribution in [0.4, 0.5) is 14.5 Å². The number of halogens is 2. The molecule has 0 bridgehead atoms. The van der Waals surface area contributed by atoms with Crippen LogP contribution >= 0.6 is 35.3 Å². The van der Waals surface area contributed by atoms with Crippen LogP contribution in [-0.2, 0) is 5.75 Å². The number of hydrogen-bond donors (Lipinski definition) is 1. The standard InChI is InChI=1S/C22H15F2N3OS3/c23-16-8-11-19(18(24)12-16)25-20(28)15-6-9-17(10-7-15)27-22(29)31-21(26-27)30-13-14-4-2-1-3-5-14/h1-12H,13H2,(H,25,28). The highest BCUT2D eigenvalue weighted by Crippen LogP contribution is 2.27. The number of benzene rings is 3. The fraction of sp³-hybridized carbons (Fsp3) is 0.0455. The maximum Gasteiger partial charge on any atom is 0.255 e. The smallest absolute Gasteiger partial charge is 0.255 e. The topological polar surface area (TPSA) is 46.9 Å². The van der Waals surface area contributed by atoms with Crippen LogP contribution in [0.1, 0.15) is 15.9 Å². The summed E-state index contributed by atoms with van der Waals surface area (Å²) in [6, 6.07) is 19.7. The number of carbonyl (C=O) groups excluding carboxylic acids is 1. The molecule has 0 aliphatic rings. The van der Waals surface area contributed by atoms with Crippen molar-refractivity contribution >= 4 is 46.9 Å². The van der Waals surface area contributed by atoms with E-state index in [4.69, 9.17) is 12.2 Å². The quantitative estimate of drug-likeness (QED) is 0.258. The van der Waals surface area contributed by atoms with Crippen LogP contribution in [0, 0.1) is 15.6 Å². The number of nitrogens with zero attached hydrogens (tertiary/aromatic N) is 2. The van der Waals surface area contributed by atoms with Crippen molar-refractivity contribution < 1.29 is 13.6 Å². The first-order chi connectivity index (χ1) is 15.0. The van der Waals surface area contributed by atoms with Crippen LogP contribution in [0.25, 0.3) is 5.69 Å². The van der Waals surface area contributed by atoms with E-state index in [0.717, 1.165) is 27.9 Å². The van der Waals surface area contributed by atoms with E-state index in [-0.39, 0.29) is 5.69 Å². The van der Waals surface area contributed by atoms with Gasteiger partial charge in [0, 0.05) is 17.4 Å². The molecule has 1 N–H and O–H groups in total. The molecule has 3 aromatic carbocycles. The van der Waals surface area contributed by atoms with Gasteiger partial charge in [-0.25, -0.2) is 13.5 Å². The summed E-state index contributed by atoms with van der Waals surface area (Å²) in [5, 5.41) is 7.00. The summed E-state index contributed by atoms with van der Waals surface area (Å²) in [5.41, 5.74) is 2.16. The van der Waals surface area contributed by atoms with Crippen molar-refractivity contribution in [2.75, 3.05) is 5.32 Å². The van der Waals surface area contributed by atoms with E-state index >= 15 is 0 Å². The second-order valence-corrected chi connectivity index (χ2v) is 9.29. The van der Waals surface area contributed by atoms with Crippen LogP contribution in [0.3, 0.4) is 0 Å². The Balaban J connectivity index is 1.46. The minimum absolute atomic E-state index is 0.0859. The molecule has 1 amide bonds. The van der Waals surface area contributed by atoms with Crippen LogP contribution in [0.2, 0.25) is 0 Å². The van der Waals surface area contributed by atoms with E-state index in [9.17, 15) is 13.6 Å². The van der Waals surface area contributed by atoms with Gasteiger partial charge in [0.1, 0.15) is 11.6 Å². The van der Waals surface area contributed by atoms with Crippen molar-refractivity contribution in [3.05, 3.63) is 99.5 Å². The number of hydrogen-bond acceptors (Lipinski definition) is 5. The normalized spacial score (nSPS) is 10.8. The Kier molecular flexibility index (Phi) is 6.55. The van der Waals surface area contributed by atoms with Crippen LogP contribution in [0.5, 0.6) is 0 Å². The Morgan fingerprint density at radius 1 is 1.06 bits per heavy atom. The maximum atomic E-state index is 13.8. The number of anilines is 1. The second kappa shape index (κ2) is 9.51. The Bertz CT molecular complexity index is 1270. The van der Waals surface area contributed by atoms with Crippen molar-refractivity contribution in [3.63, 3.8) is 0 Å². The van der Waals surface area contributed by atoms with Gasteiger partial charge in [-0.05, 0) is 54.2 Å². The third kappa shape index (κ3) is 5.25. The third-order valence-corrected chi connectivity index (χ3v) is 6.72. The molecular formula is C22H15F2N3OS3. The van der Waals surface area contributed by atoms with E-state index < -0.39 is 17.5 Å². The fourth-order valence-corrected chi connectivity index (χ4v) is 5.06. The Morgan fingerprint density at radius 2 is 1.81 bits per heavy atom. The molecule has 0 saturated carbocycles. The highest BCUT2D eigenvalue weighted by atomic mass is 32.2. The molecule has 0 atom stereocenters. The largest absolute Gasteiger partial charge is 0.319 e. The zero-order valence-electron chi connectivity index (χ0n) is 15.9. The molecule has 31 heavy (non-hydrogen) atoms. The molecule has 4 rings (SSSR count). The molecule has 9 heteroatoms. The minimum atomic E-state index is -0.834. The van der Waals surface area contributed by atoms with Gasteiger partial charge in [0.05, 0.1) is 11.4 Å². The number of nitrogens with one attached hydrogen (secondary N) is 1. The Morgan fingerprint density at radius 3 is 2.52 bits per heavy atom. The monoisotopic (exact) mass is 471 g/mol. The van der Waals surface area contributed by atoms with Crippen molar-refractivity contribution in [2.45, 2.75) is 10.1 Å². The summed E-state index contributed by atoms with van der Waals surface area (Å²) in [7, 11) is 0. The van der Waals surface area contributed by atoms with Gasteiger partial charge in [0.25, 0.3) is 5.91 Å². The molecule has 4 aromatic rings. The van der Waals surface area contributed by atoms with Crippen molar-refractivity contribution in [3.8, 4) is 5.69 Å². The summed E-state index contributed by atoms with van der Waals surface area (Å²) >= 11 is 8.47. The van der Waals surface area contributed by atoms with E-state index in [1.165, 1.54) is 23.0 Å². The molecule has 0 aliphatic heterocycles. The van der Waals surface area contributed by atoms with Gasteiger partial charge in [-0.1, -0.05) is 53.4 Å². The molecule has 0 aliphatic carbocycles. The lowest BCUT2D eigenvalue weighted by molar-refractivity contribution is 0.102. The predicted octanol–water partition coefficient (Wildman–Crippen LogP) is 6.49. The highest BCUT2D eigenvalue weighted by molar-refractivity contribution is 8.00. The second-order valence-electron chi connectivity index (χ2n) is 6.45. The number of thioether (sulfide) groups is 1. The average Bonchev–Trinajstić information content (AvgIpc) is 3.15. The lowest BCUT2D eigenvalue weighted by atomic mass is 10.2. The van der Waals surface area contributed by atoms with Gasteiger partial charge in [0.15, 0.2) is 8.29 Å². The minimum Gasteiger partial charge on any atom is -0.319 e. The van der Waals surface area contributed by atoms with Crippen LogP contribution in [-0.4, -0.2) is 15.7 Å². The van der Waals surface area contributed by atoms with E-state index in [2.05, 4.69) is 22.5 Å².